The molecule has 5 heteroatoms. The van der Waals surface area contributed by atoms with Crippen LogP contribution in [0.25, 0.3) is 0 Å². The molecule has 5 nitrogen and oxygen atoms in total. The predicted molar refractivity (Wildman–Crippen MR) is 86.8 cm³/mol. The first-order chi connectivity index (χ1) is 10.7. The standard InChI is InChI=1S/C17H26N2O3/c1-2-14(11-20)18-17(21)19-15-9-7-13(8-10-15)12-22-16-5-3-4-6-16/h7-10,14,16,20H,2-6,11-12H2,1H3,(H2,18,19,21)/t14-/m0/s1. The van der Waals surface area contributed by atoms with E-state index in [1.807, 2.05) is 31.2 Å². The van der Waals surface area contributed by atoms with Gasteiger partial charge in [0, 0.05) is 5.69 Å². The molecular weight excluding hydrogens is 280 g/mol. The van der Waals surface area contributed by atoms with Crippen molar-refractivity contribution in [3.8, 4) is 0 Å². The highest BCUT2D eigenvalue weighted by Crippen LogP contribution is 2.22. The van der Waals surface area contributed by atoms with Gasteiger partial charge in [-0.2, -0.15) is 0 Å². The molecule has 0 aliphatic heterocycles. The van der Waals surface area contributed by atoms with E-state index in [1.165, 1.54) is 25.7 Å². The lowest BCUT2D eigenvalue weighted by Crippen LogP contribution is -2.39. The second-order valence-electron chi connectivity index (χ2n) is 5.80. The number of aliphatic hydroxyl groups excluding tert-OH is 1. The maximum absolute atomic E-state index is 11.8. The van der Waals surface area contributed by atoms with Crippen LogP contribution >= 0.6 is 0 Å². The molecule has 0 heterocycles. The van der Waals surface area contributed by atoms with Crippen molar-refractivity contribution in [2.24, 2.45) is 0 Å². The summed E-state index contributed by atoms with van der Waals surface area (Å²) in [5, 5.41) is 14.6. The molecule has 0 saturated heterocycles. The van der Waals surface area contributed by atoms with Crippen LogP contribution in [0.3, 0.4) is 0 Å². The van der Waals surface area contributed by atoms with E-state index in [2.05, 4.69) is 10.6 Å². The Morgan fingerprint density at radius 1 is 1.32 bits per heavy atom. The average Bonchev–Trinajstić information content (AvgIpc) is 3.05. The van der Waals surface area contributed by atoms with Gasteiger partial charge >= 0.3 is 6.03 Å². The molecule has 3 N–H and O–H groups in total. The van der Waals surface area contributed by atoms with Crippen molar-refractivity contribution < 1.29 is 14.6 Å². The van der Waals surface area contributed by atoms with Crippen molar-refractivity contribution in [1.29, 1.82) is 0 Å². The second kappa shape index (κ2) is 8.76. The van der Waals surface area contributed by atoms with Gasteiger partial charge in [0.05, 0.1) is 25.4 Å². The van der Waals surface area contributed by atoms with Gasteiger partial charge in [0.1, 0.15) is 0 Å². The van der Waals surface area contributed by atoms with Crippen LogP contribution in [0, 0.1) is 0 Å². The number of carbonyl (C=O) groups excluding carboxylic acids is 1. The van der Waals surface area contributed by atoms with E-state index >= 15 is 0 Å². The van der Waals surface area contributed by atoms with Crippen LogP contribution in [-0.2, 0) is 11.3 Å². The molecule has 1 aromatic carbocycles. The van der Waals surface area contributed by atoms with E-state index in [9.17, 15) is 4.79 Å². The molecule has 2 amide bonds. The third-order valence-corrected chi connectivity index (χ3v) is 4.05. The van der Waals surface area contributed by atoms with Gasteiger partial charge in [-0.1, -0.05) is 31.9 Å². The Balaban J connectivity index is 1.77. The van der Waals surface area contributed by atoms with Crippen LogP contribution in [0.5, 0.6) is 0 Å². The molecule has 1 aliphatic rings. The molecule has 22 heavy (non-hydrogen) atoms. The third-order valence-electron chi connectivity index (χ3n) is 4.05. The molecule has 1 aliphatic carbocycles. The van der Waals surface area contributed by atoms with Crippen molar-refractivity contribution in [3.63, 3.8) is 0 Å². The lowest BCUT2D eigenvalue weighted by atomic mass is 10.2. The summed E-state index contributed by atoms with van der Waals surface area (Å²) in [5.41, 5.74) is 1.84. The second-order valence-corrected chi connectivity index (χ2v) is 5.80. The van der Waals surface area contributed by atoms with E-state index in [0.717, 1.165) is 11.3 Å². The minimum atomic E-state index is -0.296. The fourth-order valence-corrected chi connectivity index (χ4v) is 2.58. The van der Waals surface area contributed by atoms with Gasteiger partial charge in [-0.15, -0.1) is 0 Å². The molecule has 1 saturated carbocycles. The first-order valence-electron chi connectivity index (χ1n) is 8.10. The summed E-state index contributed by atoms with van der Waals surface area (Å²) in [6, 6.07) is 7.16. The van der Waals surface area contributed by atoms with Gasteiger partial charge in [0.25, 0.3) is 0 Å². The molecule has 0 bridgehead atoms. The number of aliphatic hydroxyl groups is 1. The number of carbonyl (C=O) groups is 1. The number of anilines is 1. The number of ether oxygens (including phenoxy) is 1. The maximum Gasteiger partial charge on any atom is 0.319 e. The SMILES string of the molecule is CC[C@@H](CO)NC(=O)Nc1ccc(COC2CCCC2)cc1. The molecule has 2 rings (SSSR count). The van der Waals surface area contributed by atoms with Crippen LogP contribution in [0.15, 0.2) is 24.3 Å². The normalized spacial score (nSPS) is 16.5. The molecular formula is C17H26N2O3. The first-order valence-corrected chi connectivity index (χ1v) is 8.10. The lowest BCUT2D eigenvalue weighted by molar-refractivity contribution is 0.0457. The van der Waals surface area contributed by atoms with Crippen molar-refractivity contribution >= 4 is 11.7 Å². The molecule has 1 aromatic rings. The summed E-state index contributed by atoms with van der Waals surface area (Å²) in [6.45, 7) is 2.49. The average molecular weight is 306 g/mol. The highest BCUT2D eigenvalue weighted by atomic mass is 16.5. The molecule has 0 unspecified atom stereocenters. The predicted octanol–water partition coefficient (Wildman–Crippen LogP) is 3.04. The van der Waals surface area contributed by atoms with E-state index in [-0.39, 0.29) is 18.7 Å². The molecule has 0 radical (unpaired) electrons. The van der Waals surface area contributed by atoms with Crippen LogP contribution in [0.1, 0.15) is 44.6 Å². The van der Waals surface area contributed by atoms with E-state index in [0.29, 0.717) is 19.1 Å². The Morgan fingerprint density at radius 3 is 2.59 bits per heavy atom. The van der Waals surface area contributed by atoms with Gasteiger partial charge < -0.3 is 20.5 Å². The number of hydrogen-bond donors (Lipinski definition) is 3. The van der Waals surface area contributed by atoms with Crippen LogP contribution < -0.4 is 10.6 Å². The summed E-state index contributed by atoms with van der Waals surface area (Å²) in [5.74, 6) is 0. The van der Waals surface area contributed by atoms with Gasteiger partial charge in [-0.3, -0.25) is 0 Å². The minimum Gasteiger partial charge on any atom is -0.394 e. The Morgan fingerprint density at radius 2 is 2.00 bits per heavy atom. The summed E-state index contributed by atoms with van der Waals surface area (Å²) >= 11 is 0. The summed E-state index contributed by atoms with van der Waals surface area (Å²) < 4.78 is 5.86. The van der Waals surface area contributed by atoms with Gasteiger partial charge in [-0.05, 0) is 37.0 Å². The van der Waals surface area contributed by atoms with Crippen LogP contribution in [-0.4, -0.2) is 29.9 Å². The zero-order valence-electron chi connectivity index (χ0n) is 13.2. The number of nitrogens with one attached hydrogen (secondary N) is 2. The zero-order chi connectivity index (χ0) is 15.8. The Bertz CT molecular complexity index is 451. The van der Waals surface area contributed by atoms with Crippen LogP contribution in [0.2, 0.25) is 0 Å². The van der Waals surface area contributed by atoms with E-state index in [4.69, 9.17) is 9.84 Å². The van der Waals surface area contributed by atoms with Crippen molar-refractivity contribution in [3.05, 3.63) is 29.8 Å². The topological polar surface area (TPSA) is 70.6 Å². The first kappa shape index (κ1) is 16.8. The van der Waals surface area contributed by atoms with Gasteiger partial charge in [0.15, 0.2) is 0 Å². The monoisotopic (exact) mass is 306 g/mol. The number of hydrogen-bond acceptors (Lipinski definition) is 3. The van der Waals surface area contributed by atoms with Crippen molar-refractivity contribution in [1.82, 2.24) is 5.32 Å². The third kappa shape index (κ3) is 5.31. The number of urea groups is 1. The number of amides is 2. The fraction of sp³-hybridized carbons (Fsp3) is 0.588. The van der Waals surface area contributed by atoms with Crippen LogP contribution in [0.4, 0.5) is 10.5 Å². The zero-order valence-corrected chi connectivity index (χ0v) is 13.2. The minimum absolute atomic E-state index is 0.0542. The Kier molecular flexibility index (Phi) is 6.68. The maximum atomic E-state index is 11.8. The molecule has 0 spiro atoms. The highest BCUT2D eigenvalue weighted by Gasteiger charge is 2.15. The van der Waals surface area contributed by atoms with Gasteiger partial charge in [0.2, 0.25) is 0 Å². The molecule has 1 atom stereocenters. The smallest absolute Gasteiger partial charge is 0.319 e. The van der Waals surface area contributed by atoms with E-state index in [1.54, 1.807) is 0 Å². The van der Waals surface area contributed by atoms with Gasteiger partial charge in [-0.25, -0.2) is 4.79 Å². The number of benzene rings is 1. The summed E-state index contributed by atoms with van der Waals surface area (Å²) in [6.07, 6.45) is 5.99. The molecule has 0 aromatic heterocycles. The molecule has 122 valence electrons. The largest absolute Gasteiger partial charge is 0.394 e. The van der Waals surface area contributed by atoms with Crippen molar-refractivity contribution in [2.45, 2.75) is 57.8 Å². The quantitative estimate of drug-likeness (QED) is 0.725. The highest BCUT2D eigenvalue weighted by molar-refractivity contribution is 5.89. The molecule has 1 fully saturated rings. The number of rotatable bonds is 7. The Hall–Kier alpha value is -1.59. The summed E-state index contributed by atoms with van der Waals surface area (Å²) in [4.78, 5) is 11.8. The lowest BCUT2D eigenvalue weighted by Gasteiger charge is -2.15. The van der Waals surface area contributed by atoms with Crippen molar-refractivity contribution in [2.75, 3.05) is 11.9 Å². The summed E-state index contributed by atoms with van der Waals surface area (Å²) in [7, 11) is 0. The fourth-order valence-electron chi connectivity index (χ4n) is 2.58. The van der Waals surface area contributed by atoms with E-state index < -0.39 is 0 Å². The Labute approximate surface area is 132 Å².